The van der Waals surface area contributed by atoms with Crippen LogP contribution in [0.25, 0.3) is 0 Å². The second kappa shape index (κ2) is 7.83. The molecule has 0 aromatic heterocycles. The van der Waals surface area contributed by atoms with Crippen LogP contribution in [0.3, 0.4) is 0 Å². The van der Waals surface area contributed by atoms with Crippen LogP contribution in [0.1, 0.15) is 30.1 Å². The van der Waals surface area contributed by atoms with E-state index in [-0.39, 0.29) is 5.92 Å². The molecular formula is C28H23ClO2S. The van der Waals surface area contributed by atoms with Gasteiger partial charge < -0.3 is 4.74 Å². The van der Waals surface area contributed by atoms with Crippen molar-refractivity contribution in [2.45, 2.75) is 24.7 Å². The summed E-state index contributed by atoms with van der Waals surface area (Å²) in [6.07, 6.45) is 20.0. The van der Waals surface area contributed by atoms with Gasteiger partial charge in [0.25, 0.3) is 5.24 Å². The van der Waals surface area contributed by atoms with Gasteiger partial charge in [-0.3, -0.25) is 4.79 Å². The molecule has 160 valence electrons. The van der Waals surface area contributed by atoms with Crippen molar-refractivity contribution in [1.82, 2.24) is 0 Å². The van der Waals surface area contributed by atoms with Crippen molar-refractivity contribution >= 4 is 28.6 Å². The summed E-state index contributed by atoms with van der Waals surface area (Å²) in [7, 11) is 0. The maximum atomic E-state index is 12.1. The Morgan fingerprint density at radius 2 is 2.03 bits per heavy atom. The third-order valence-corrected chi connectivity index (χ3v) is 8.33. The number of carbonyl (C=O) groups excluding carboxylic acids is 1. The van der Waals surface area contributed by atoms with Crippen molar-refractivity contribution in [1.29, 1.82) is 0 Å². The average Bonchev–Trinajstić information content (AvgIpc) is 3.52. The Morgan fingerprint density at radius 3 is 2.84 bits per heavy atom. The molecule has 1 aromatic carbocycles. The average molecular weight is 459 g/mol. The molecule has 0 bridgehead atoms. The fourth-order valence-corrected chi connectivity index (χ4v) is 6.30. The van der Waals surface area contributed by atoms with Crippen LogP contribution in [0, 0.1) is 17.8 Å². The lowest BCUT2D eigenvalue weighted by Crippen LogP contribution is -2.22. The van der Waals surface area contributed by atoms with Gasteiger partial charge in [-0.1, -0.05) is 61.2 Å². The number of allylic oxidation sites excluding steroid dienone is 13. The second-order valence-electron chi connectivity index (χ2n) is 9.07. The number of benzene rings is 1. The van der Waals surface area contributed by atoms with Gasteiger partial charge in [0, 0.05) is 21.3 Å². The number of carbonyl (C=O) groups is 1. The second-order valence-corrected chi connectivity index (χ2v) is 10.5. The Hall–Kier alpha value is -2.49. The third kappa shape index (κ3) is 3.48. The van der Waals surface area contributed by atoms with Crippen LogP contribution < -0.4 is 4.74 Å². The predicted molar refractivity (Wildman–Crippen MR) is 131 cm³/mol. The molecule has 2 unspecified atom stereocenters. The van der Waals surface area contributed by atoms with E-state index < -0.39 is 5.24 Å². The first-order valence-corrected chi connectivity index (χ1v) is 12.3. The summed E-state index contributed by atoms with van der Waals surface area (Å²) in [5, 5.41) is -0.440. The predicted octanol–water partition coefficient (Wildman–Crippen LogP) is 7.33. The van der Waals surface area contributed by atoms with Gasteiger partial charge in [-0.05, 0) is 88.4 Å². The van der Waals surface area contributed by atoms with Gasteiger partial charge in [0.2, 0.25) is 0 Å². The van der Waals surface area contributed by atoms with Gasteiger partial charge in [0.05, 0.1) is 6.61 Å². The highest BCUT2D eigenvalue weighted by atomic mass is 35.5. The molecule has 1 saturated carbocycles. The van der Waals surface area contributed by atoms with Crippen molar-refractivity contribution in [2.75, 3.05) is 6.61 Å². The van der Waals surface area contributed by atoms with Gasteiger partial charge in [-0.15, -0.1) is 0 Å². The largest absolute Gasteiger partial charge is 0.493 e. The molecule has 0 spiro atoms. The topological polar surface area (TPSA) is 26.3 Å². The number of ether oxygens (including phenoxy) is 1. The van der Waals surface area contributed by atoms with E-state index in [9.17, 15) is 4.79 Å². The minimum absolute atomic E-state index is 0.262. The van der Waals surface area contributed by atoms with Crippen molar-refractivity contribution in [2.24, 2.45) is 17.8 Å². The number of hydrogen-bond acceptors (Lipinski definition) is 3. The fraction of sp³-hybridized carbons (Fsp3) is 0.250. The summed E-state index contributed by atoms with van der Waals surface area (Å²) in [4.78, 5) is 14.1. The molecule has 5 aliphatic carbocycles. The van der Waals surface area contributed by atoms with Gasteiger partial charge in [0.15, 0.2) is 0 Å². The minimum atomic E-state index is -0.440. The Morgan fingerprint density at radius 1 is 1.16 bits per heavy atom. The van der Waals surface area contributed by atoms with Crippen LogP contribution in [0.15, 0.2) is 104 Å². The molecule has 0 amide bonds. The lowest BCUT2D eigenvalue weighted by atomic mass is 9.69. The highest BCUT2D eigenvalue weighted by Gasteiger charge is 2.35. The highest BCUT2D eigenvalue weighted by Crippen LogP contribution is 2.52. The Kier molecular flexibility index (Phi) is 4.93. The van der Waals surface area contributed by atoms with E-state index in [1.54, 1.807) is 17.8 Å². The van der Waals surface area contributed by atoms with Crippen LogP contribution in [0.5, 0.6) is 5.75 Å². The first-order valence-electron chi connectivity index (χ1n) is 11.1. The minimum Gasteiger partial charge on any atom is -0.493 e. The summed E-state index contributed by atoms with van der Waals surface area (Å²) in [6, 6.07) is 5.61. The van der Waals surface area contributed by atoms with Gasteiger partial charge in [-0.25, -0.2) is 0 Å². The zero-order valence-electron chi connectivity index (χ0n) is 17.8. The van der Waals surface area contributed by atoms with E-state index in [1.807, 2.05) is 12.1 Å². The Bertz CT molecular complexity index is 1250. The zero-order valence-corrected chi connectivity index (χ0v) is 19.4. The number of rotatable bonds is 6. The first kappa shape index (κ1) is 20.1. The van der Waals surface area contributed by atoms with Crippen molar-refractivity contribution in [3.05, 3.63) is 105 Å². The van der Waals surface area contributed by atoms with Crippen LogP contribution >= 0.6 is 23.4 Å². The molecule has 0 heterocycles. The number of halogens is 1. The van der Waals surface area contributed by atoms with Gasteiger partial charge >= 0.3 is 0 Å². The Labute approximate surface area is 197 Å². The van der Waals surface area contributed by atoms with Gasteiger partial charge in [-0.2, -0.15) is 0 Å². The van der Waals surface area contributed by atoms with Crippen LogP contribution in [0.4, 0.5) is 0 Å². The van der Waals surface area contributed by atoms with Crippen molar-refractivity contribution in [3.8, 4) is 5.75 Å². The lowest BCUT2D eigenvalue weighted by molar-refractivity contribution is 0.107. The first-order chi connectivity index (χ1) is 15.6. The number of hydrogen-bond donors (Lipinski definition) is 0. The summed E-state index contributed by atoms with van der Waals surface area (Å²) in [5.74, 6) is 2.45. The lowest BCUT2D eigenvalue weighted by Gasteiger charge is -2.37. The number of thioether (sulfide) groups is 1. The molecule has 0 aliphatic heterocycles. The summed E-state index contributed by atoms with van der Waals surface area (Å²) < 4.78 is 6.04. The van der Waals surface area contributed by atoms with E-state index in [0.29, 0.717) is 11.5 Å². The van der Waals surface area contributed by atoms with Crippen LogP contribution in [0.2, 0.25) is 0 Å². The maximum absolute atomic E-state index is 12.1. The molecular weight excluding hydrogens is 436 g/mol. The normalized spacial score (nSPS) is 26.6. The van der Waals surface area contributed by atoms with E-state index in [1.165, 1.54) is 34.3 Å². The third-order valence-electron chi connectivity index (χ3n) is 6.98. The fourth-order valence-electron chi connectivity index (χ4n) is 4.95. The molecule has 3 atom stereocenters. The van der Waals surface area contributed by atoms with Crippen molar-refractivity contribution < 1.29 is 9.53 Å². The molecule has 0 saturated heterocycles. The summed E-state index contributed by atoms with van der Waals surface area (Å²) >= 11 is 7.55. The zero-order chi connectivity index (χ0) is 21.8. The molecule has 32 heavy (non-hydrogen) atoms. The molecule has 1 aromatic rings. The highest BCUT2D eigenvalue weighted by molar-refractivity contribution is 8.03. The van der Waals surface area contributed by atoms with Crippen LogP contribution in [-0.4, -0.2) is 11.8 Å². The van der Waals surface area contributed by atoms with E-state index in [2.05, 4.69) is 55.5 Å². The molecule has 6 rings (SSSR count). The van der Waals surface area contributed by atoms with E-state index >= 15 is 0 Å². The van der Waals surface area contributed by atoms with E-state index in [4.69, 9.17) is 16.3 Å². The molecule has 4 heteroatoms. The smallest absolute Gasteiger partial charge is 0.253 e. The van der Waals surface area contributed by atoms with Crippen molar-refractivity contribution in [3.63, 3.8) is 0 Å². The molecule has 1 fully saturated rings. The summed E-state index contributed by atoms with van der Waals surface area (Å²) in [6.45, 7) is 2.98. The Balaban J connectivity index is 1.34. The van der Waals surface area contributed by atoms with Crippen LogP contribution in [-0.2, 0) is 0 Å². The standard InChI is InChI=1S/C28H23ClO2S/c1-16-13-20(16)15-31-21-9-11-23(28(29)30)25(14-21)32-24-12-8-19-6-5-17-3-2-4-18-7-10-22(24)27(19)26(17)18/h2-3,5-12,14,16,20,27H,4,13,15H2,1H3/t16?,20-,27?/m1/s1. The maximum Gasteiger partial charge on any atom is 0.253 e. The molecule has 0 N–H and O–H groups in total. The van der Waals surface area contributed by atoms with E-state index in [0.717, 1.165) is 34.5 Å². The monoisotopic (exact) mass is 458 g/mol. The molecule has 0 radical (unpaired) electrons. The quantitative estimate of drug-likeness (QED) is 0.417. The summed E-state index contributed by atoms with van der Waals surface area (Å²) in [5.41, 5.74) is 7.27. The van der Waals surface area contributed by atoms with Gasteiger partial charge in [0.1, 0.15) is 5.75 Å². The SMILES string of the molecule is CC1C[C@@H]1COc1ccc(C(=O)Cl)c(SC2=CC=C3C=CC4=C5C(=CC=C2C35)CC=C4)c1. The molecule has 2 nitrogen and oxygen atoms in total. The molecule has 5 aliphatic rings.